The summed E-state index contributed by atoms with van der Waals surface area (Å²) in [5, 5.41) is 14.3. The Bertz CT molecular complexity index is 711. The van der Waals surface area contributed by atoms with Gasteiger partial charge >= 0.3 is 0 Å². The molecule has 2 aromatic rings. The van der Waals surface area contributed by atoms with Gasteiger partial charge in [0.2, 0.25) is 11.0 Å². The monoisotopic (exact) mass is 348 g/mol. The molecule has 0 fully saturated rings. The lowest BCUT2D eigenvalue weighted by atomic mass is 10.3. The fourth-order valence-electron chi connectivity index (χ4n) is 1.66. The summed E-state index contributed by atoms with van der Waals surface area (Å²) in [7, 11) is 1.61. The minimum atomic E-state index is -0.296. The molecule has 0 saturated heterocycles. The highest BCUT2D eigenvalue weighted by Gasteiger charge is 2.16. The molecule has 1 aromatic heterocycles. The van der Waals surface area contributed by atoms with Gasteiger partial charge in [-0.1, -0.05) is 41.2 Å². The first-order chi connectivity index (χ1) is 11.1. The predicted molar refractivity (Wildman–Crippen MR) is 93.3 cm³/mol. The van der Waals surface area contributed by atoms with E-state index < -0.39 is 0 Å². The molecular formula is C15H16N4O2S2. The standard InChI is InChI=1S/C15H16N4O2S2/c1-4-9-16-13(20)10(2)22-15-19-18-14(23-15)17-11-7-5-6-8-12(11)21-3/h1,5-8,10H,9H2,2-3H3,(H,16,20)(H,17,18). The van der Waals surface area contributed by atoms with Crippen molar-refractivity contribution in [3.05, 3.63) is 24.3 Å². The molecule has 0 aliphatic heterocycles. The van der Waals surface area contributed by atoms with Crippen molar-refractivity contribution >= 4 is 39.8 Å². The van der Waals surface area contributed by atoms with Crippen LogP contribution in [0, 0.1) is 12.3 Å². The molecular weight excluding hydrogens is 332 g/mol. The number of nitrogens with zero attached hydrogens (tertiary/aromatic N) is 2. The van der Waals surface area contributed by atoms with Gasteiger partial charge in [-0.05, 0) is 19.1 Å². The molecule has 120 valence electrons. The van der Waals surface area contributed by atoms with Gasteiger partial charge in [-0.3, -0.25) is 4.79 Å². The maximum Gasteiger partial charge on any atom is 0.234 e. The number of hydrogen-bond donors (Lipinski definition) is 2. The van der Waals surface area contributed by atoms with Crippen LogP contribution in [0.1, 0.15) is 6.92 Å². The Kier molecular flexibility index (Phi) is 6.26. The van der Waals surface area contributed by atoms with Crippen LogP contribution in [0.25, 0.3) is 0 Å². The van der Waals surface area contributed by atoms with Crippen LogP contribution in [0.3, 0.4) is 0 Å². The molecule has 1 amide bonds. The molecule has 0 aliphatic rings. The maximum atomic E-state index is 11.8. The van der Waals surface area contributed by atoms with Crippen LogP contribution in [0.15, 0.2) is 28.6 Å². The number of ether oxygens (including phenoxy) is 1. The number of carbonyl (C=O) groups excluding carboxylic acids is 1. The van der Waals surface area contributed by atoms with E-state index in [1.165, 1.54) is 23.1 Å². The number of nitrogens with one attached hydrogen (secondary N) is 2. The third-order valence-electron chi connectivity index (χ3n) is 2.77. The van der Waals surface area contributed by atoms with E-state index in [1.807, 2.05) is 24.3 Å². The third-order valence-corrected chi connectivity index (χ3v) is 4.79. The van der Waals surface area contributed by atoms with E-state index in [0.29, 0.717) is 9.47 Å². The van der Waals surface area contributed by atoms with Crippen molar-refractivity contribution in [2.45, 2.75) is 16.5 Å². The van der Waals surface area contributed by atoms with Crippen molar-refractivity contribution in [2.24, 2.45) is 0 Å². The first-order valence-corrected chi connectivity index (χ1v) is 8.45. The van der Waals surface area contributed by atoms with E-state index in [2.05, 4.69) is 26.8 Å². The largest absolute Gasteiger partial charge is 0.495 e. The molecule has 8 heteroatoms. The number of amides is 1. The smallest absolute Gasteiger partial charge is 0.234 e. The minimum absolute atomic E-state index is 0.123. The van der Waals surface area contributed by atoms with Gasteiger partial charge in [-0.2, -0.15) is 0 Å². The van der Waals surface area contributed by atoms with E-state index in [9.17, 15) is 4.79 Å². The predicted octanol–water partition coefficient (Wildman–Crippen LogP) is 2.52. The Morgan fingerprint density at radius 1 is 1.48 bits per heavy atom. The average Bonchev–Trinajstić information content (AvgIpc) is 3.00. The van der Waals surface area contributed by atoms with E-state index in [1.54, 1.807) is 14.0 Å². The van der Waals surface area contributed by atoms with Crippen LogP contribution >= 0.6 is 23.1 Å². The maximum absolute atomic E-state index is 11.8. The summed E-state index contributed by atoms with van der Waals surface area (Å²) in [5.74, 6) is 2.97. The highest BCUT2D eigenvalue weighted by molar-refractivity contribution is 8.02. The first-order valence-electron chi connectivity index (χ1n) is 6.75. The average molecular weight is 348 g/mol. The number of benzene rings is 1. The van der Waals surface area contributed by atoms with Crippen LogP contribution in [-0.4, -0.2) is 35.0 Å². The van der Waals surface area contributed by atoms with Gasteiger partial charge in [0.1, 0.15) is 5.75 Å². The molecule has 0 radical (unpaired) electrons. The number of carbonyl (C=O) groups is 1. The molecule has 2 rings (SSSR count). The van der Waals surface area contributed by atoms with Gasteiger partial charge in [0.25, 0.3) is 0 Å². The Morgan fingerprint density at radius 3 is 3.00 bits per heavy atom. The summed E-state index contributed by atoms with van der Waals surface area (Å²) in [5.41, 5.74) is 0.808. The lowest BCUT2D eigenvalue weighted by Gasteiger charge is -2.08. The van der Waals surface area contributed by atoms with E-state index in [4.69, 9.17) is 11.2 Å². The molecule has 23 heavy (non-hydrogen) atoms. The summed E-state index contributed by atoms with van der Waals surface area (Å²) in [4.78, 5) is 11.8. The number of anilines is 2. The Balaban J connectivity index is 1.98. The number of aromatic nitrogens is 2. The lowest BCUT2D eigenvalue weighted by Crippen LogP contribution is -2.30. The zero-order chi connectivity index (χ0) is 16.7. The quantitative estimate of drug-likeness (QED) is 0.591. The highest BCUT2D eigenvalue weighted by Crippen LogP contribution is 2.32. The number of thioether (sulfide) groups is 1. The summed E-state index contributed by atoms with van der Waals surface area (Å²) < 4.78 is 5.98. The molecule has 0 bridgehead atoms. The van der Waals surface area contributed by atoms with Crippen molar-refractivity contribution < 1.29 is 9.53 Å². The van der Waals surface area contributed by atoms with Crippen LogP contribution in [0.4, 0.5) is 10.8 Å². The lowest BCUT2D eigenvalue weighted by molar-refractivity contribution is -0.120. The van der Waals surface area contributed by atoms with Gasteiger partial charge in [-0.15, -0.1) is 16.6 Å². The second-order valence-corrected chi connectivity index (χ2v) is 6.95. The van der Waals surface area contributed by atoms with E-state index in [0.717, 1.165) is 11.4 Å². The van der Waals surface area contributed by atoms with Gasteiger partial charge in [-0.25, -0.2) is 0 Å². The fourth-order valence-corrected chi connectivity index (χ4v) is 3.59. The van der Waals surface area contributed by atoms with E-state index in [-0.39, 0.29) is 17.7 Å². The zero-order valence-corrected chi connectivity index (χ0v) is 14.3. The fraction of sp³-hybridized carbons (Fsp3) is 0.267. The molecule has 0 aliphatic carbocycles. The van der Waals surface area contributed by atoms with E-state index >= 15 is 0 Å². The van der Waals surface area contributed by atoms with Crippen molar-refractivity contribution in [1.82, 2.24) is 15.5 Å². The van der Waals surface area contributed by atoms with Crippen molar-refractivity contribution in [2.75, 3.05) is 19.0 Å². The SMILES string of the molecule is C#CCNC(=O)C(C)Sc1nnc(Nc2ccccc2OC)s1. The summed E-state index contributed by atoms with van der Waals surface area (Å²) in [6.07, 6.45) is 5.12. The summed E-state index contributed by atoms with van der Waals surface area (Å²) in [6.45, 7) is 2.02. The second-order valence-electron chi connectivity index (χ2n) is 4.38. The molecule has 2 N–H and O–H groups in total. The minimum Gasteiger partial charge on any atom is -0.495 e. The van der Waals surface area contributed by atoms with Crippen LogP contribution < -0.4 is 15.4 Å². The van der Waals surface area contributed by atoms with Crippen LogP contribution in [0.2, 0.25) is 0 Å². The molecule has 1 heterocycles. The highest BCUT2D eigenvalue weighted by atomic mass is 32.2. The Morgan fingerprint density at radius 2 is 2.26 bits per heavy atom. The van der Waals surface area contributed by atoms with Gasteiger partial charge < -0.3 is 15.4 Å². The van der Waals surface area contributed by atoms with Crippen molar-refractivity contribution in [3.63, 3.8) is 0 Å². The van der Waals surface area contributed by atoms with Crippen LogP contribution in [0.5, 0.6) is 5.75 Å². The van der Waals surface area contributed by atoms with Crippen molar-refractivity contribution in [3.8, 4) is 18.1 Å². The van der Waals surface area contributed by atoms with Crippen LogP contribution in [-0.2, 0) is 4.79 Å². The molecule has 6 nitrogen and oxygen atoms in total. The number of terminal acetylenes is 1. The Hall–Kier alpha value is -2.24. The molecule has 0 spiro atoms. The number of para-hydroxylation sites is 2. The third kappa shape index (κ3) is 4.87. The van der Waals surface area contributed by atoms with Gasteiger partial charge in [0.05, 0.1) is 24.6 Å². The van der Waals surface area contributed by atoms with Gasteiger partial charge in [0, 0.05) is 0 Å². The summed E-state index contributed by atoms with van der Waals surface area (Å²) >= 11 is 2.71. The molecule has 1 aromatic carbocycles. The Labute approximate surface area is 143 Å². The zero-order valence-electron chi connectivity index (χ0n) is 12.7. The normalized spacial score (nSPS) is 11.3. The number of hydrogen-bond acceptors (Lipinski definition) is 7. The number of methoxy groups -OCH3 is 1. The van der Waals surface area contributed by atoms with Crippen molar-refractivity contribution in [1.29, 1.82) is 0 Å². The number of rotatable bonds is 7. The topological polar surface area (TPSA) is 76.1 Å². The van der Waals surface area contributed by atoms with Gasteiger partial charge in [0.15, 0.2) is 4.34 Å². The second kappa shape index (κ2) is 8.41. The first kappa shape index (κ1) is 17.1. The molecule has 1 unspecified atom stereocenters. The summed E-state index contributed by atoms with van der Waals surface area (Å²) in [6, 6.07) is 7.54. The molecule has 1 atom stereocenters. The molecule has 0 saturated carbocycles.